The molecule has 4 nitrogen and oxygen atoms in total. The van der Waals surface area contributed by atoms with Crippen LogP contribution in [0.15, 0.2) is 24.3 Å². The Labute approximate surface area is 122 Å². The lowest BCUT2D eigenvalue weighted by Gasteiger charge is -2.31. The molecular formula is C16H27N3O. The Morgan fingerprint density at radius 1 is 1.35 bits per heavy atom. The number of nitrogens with one attached hydrogen (secondary N) is 1. The van der Waals surface area contributed by atoms with Gasteiger partial charge in [-0.2, -0.15) is 0 Å². The van der Waals surface area contributed by atoms with E-state index in [2.05, 4.69) is 31.0 Å². The lowest BCUT2D eigenvalue weighted by atomic mass is 10.1. The molecule has 1 amide bonds. The number of anilines is 1. The summed E-state index contributed by atoms with van der Waals surface area (Å²) in [4.78, 5) is 14.6. The summed E-state index contributed by atoms with van der Waals surface area (Å²) in [7, 11) is 0. The molecule has 0 saturated heterocycles. The van der Waals surface area contributed by atoms with E-state index in [0.29, 0.717) is 12.6 Å². The summed E-state index contributed by atoms with van der Waals surface area (Å²) < 4.78 is 0. The molecule has 0 heterocycles. The van der Waals surface area contributed by atoms with Gasteiger partial charge in [0.25, 0.3) is 0 Å². The van der Waals surface area contributed by atoms with Crippen molar-refractivity contribution in [3.63, 3.8) is 0 Å². The minimum Gasteiger partial charge on any atom is -0.326 e. The van der Waals surface area contributed by atoms with Crippen LogP contribution in [0.4, 0.5) is 5.69 Å². The molecule has 1 unspecified atom stereocenters. The van der Waals surface area contributed by atoms with Crippen LogP contribution >= 0.6 is 0 Å². The molecule has 112 valence electrons. The molecule has 1 atom stereocenters. The number of carbonyl (C=O) groups excluding carboxylic acids is 1. The van der Waals surface area contributed by atoms with Gasteiger partial charge < -0.3 is 11.1 Å². The molecule has 0 aliphatic rings. The summed E-state index contributed by atoms with van der Waals surface area (Å²) in [5, 5.41) is 2.97. The van der Waals surface area contributed by atoms with Crippen LogP contribution in [-0.4, -0.2) is 29.4 Å². The van der Waals surface area contributed by atoms with Crippen LogP contribution < -0.4 is 11.1 Å². The SMILES string of the molecule is CCCN(C(C)C)C(C)C(=O)Nc1cccc(CN)c1. The van der Waals surface area contributed by atoms with Crippen LogP contribution in [0.5, 0.6) is 0 Å². The number of rotatable bonds is 7. The number of nitrogens with zero attached hydrogens (tertiary/aromatic N) is 1. The van der Waals surface area contributed by atoms with E-state index in [4.69, 9.17) is 5.73 Å². The Morgan fingerprint density at radius 3 is 2.60 bits per heavy atom. The van der Waals surface area contributed by atoms with E-state index in [1.54, 1.807) is 0 Å². The molecule has 20 heavy (non-hydrogen) atoms. The van der Waals surface area contributed by atoms with E-state index in [0.717, 1.165) is 24.2 Å². The van der Waals surface area contributed by atoms with Crippen LogP contribution in [0, 0.1) is 0 Å². The highest BCUT2D eigenvalue weighted by molar-refractivity contribution is 5.94. The maximum atomic E-state index is 12.3. The zero-order valence-electron chi connectivity index (χ0n) is 13.0. The molecule has 0 fully saturated rings. The van der Waals surface area contributed by atoms with Crippen LogP contribution in [0.2, 0.25) is 0 Å². The van der Waals surface area contributed by atoms with Gasteiger partial charge in [0.2, 0.25) is 5.91 Å². The highest BCUT2D eigenvalue weighted by Gasteiger charge is 2.22. The zero-order valence-corrected chi connectivity index (χ0v) is 13.0. The highest BCUT2D eigenvalue weighted by Crippen LogP contribution is 2.13. The topological polar surface area (TPSA) is 58.4 Å². The summed E-state index contributed by atoms with van der Waals surface area (Å²) >= 11 is 0. The minimum atomic E-state index is -0.142. The Kier molecular flexibility index (Phi) is 6.68. The van der Waals surface area contributed by atoms with Gasteiger partial charge in [-0.1, -0.05) is 19.1 Å². The van der Waals surface area contributed by atoms with E-state index in [9.17, 15) is 4.79 Å². The Balaban J connectivity index is 2.73. The summed E-state index contributed by atoms with van der Waals surface area (Å²) in [6, 6.07) is 7.89. The molecule has 0 radical (unpaired) electrons. The molecule has 0 aliphatic heterocycles. The fourth-order valence-electron chi connectivity index (χ4n) is 2.33. The third-order valence-electron chi connectivity index (χ3n) is 3.45. The molecular weight excluding hydrogens is 250 g/mol. The predicted molar refractivity (Wildman–Crippen MR) is 84.6 cm³/mol. The predicted octanol–water partition coefficient (Wildman–Crippen LogP) is 2.59. The number of carbonyl (C=O) groups is 1. The fraction of sp³-hybridized carbons (Fsp3) is 0.562. The molecule has 0 saturated carbocycles. The van der Waals surface area contributed by atoms with E-state index in [-0.39, 0.29) is 11.9 Å². The summed E-state index contributed by atoms with van der Waals surface area (Å²) in [5.74, 6) is 0.0290. The second-order valence-corrected chi connectivity index (χ2v) is 5.40. The van der Waals surface area contributed by atoms with Gasteiger partial charge >= 0.3 is 0 Å². The van der Waals surface area contributed by atoms with Crippen molar-refractivity contribution in [2.24, 2.45) is 5.73 Å². The number of benzene rings is 1. The quantitative estimate of drug-likeness (QED) is 0.805. The van der Waals surface area contributed by atoms with Gasteiger partial charge in [0.15, 0.2) is 0 Å². The third kappa shape index (κ3) is 4.62. The molecule has 1 aromatic rings. The fourth-order valence-corrected chi connectivity index (χ4v) is 2.33. The molecule has 0 bridgehead atoms. The van der Waals surface area contributed by atoms with Gasteiger partial charge in [-0.3, -0.25) is 9.69 Å². The van der Waals surface area contributed by atoms with Gasteiger partial charge in [-0.05, 0) is 51.4 Å². The lowest BCUT2D eigenvalue weighted by molar-refractivity contribution is -0.121. The van der Waals surface area contributed by atoms with E-state index in [1.165, 1.54) is 0 Å². The molecule has 1 rings (SSSR count). The van der Waals surface area contributed by atoms with Gasteiger partial charge in [0.05, 0.1) is 6.04 Å². The van der Waals surface area contributed by atoms with Crippen molar-refractivity contribution in [3.8, 4) is 0 Å². The average Bonchev–Trinajstić information content (AvgIpc) is 2.43. The second kappa shape index (κ2) is 8.02. The van der Waals surface area contributed by atoms with Gasteiger partial charge in [0, 0.05) is 18.3 Å². The van der Waals surface area contributed by atoms with Crippen molar-refractivity contribution in [3.05, 3.63) is 29.8 Å². The van der Waals surface area contributed by atoms with Crippen molar-refractivity contribution < 1.29 is 4.79 Å². The van der Waals surface area contributed by atoms with Crippen molar-refractivity contribution in [2.75, 3.05) is 11.9 Å². The molecule has 0 aliphatic carbocycles. The number of hydrogen-bond donors (Lipinski definition) is 2. The minimum absolute atomic E-state index is 0.0290. The monoisotopic (exact) mass is 277 g/mol. The van der Waals surface area contributed by atoms with Gasteiger partial charge in [-0.25, -0.2) is 0 Å². The van der Waals surface area contributed by atoms with Gasteiger partial charge in [0.1, 0.15) is 0 Å². The second-order valence-electron chi connectivity index (χ2n) is 5.40. The molecule has 3 N–H and O–H groups in total. The molecule has 4 heteroatoms. The largest absolute Gasteiger partial charge is 0.326 e. The van der Waals surface area contributed by atoms with Gasteiger partial charge in [-0.15, -0.1) is 0 Å². The molecule has 0 spiro atoms. The van der Waals surface area contributed by atoms with E-state index < -0.39 is 0 Å². The van der Waals surface area contributed by atoms with Crippen LogP contribution in [-0.2, 0) is 11.3 Å². The first-order chi connectivity index (χ1) is 9.49. The molecule has 0 aromatic heterocycles. The maximum Gasteiger partial charge on any atom is 0.241 e. The van der Waals surface area contributed by atoms with E-state index in [1.807, 2.05) is 31.2 Å². The zero-order chi connectivity index (χ0) is 15.1. The lowest BCUT2D eigenvalue weighted by Crippen LogP contribution is -2.46. The average molecular weight is 277 g/mol. The maximum absolute atomic E-state index is 12.3. The first kappa shape index (κ1) is 16.7. The standard InChI is InChI=1S/C16H27N3O/c1-5-9-19(12(2)3)13(4)16(20)18-15-8-6-7-14(10-15)11-17/h6-8,10,12-13H,5,9,11,17H2,1-4H3,(H,18,20). The van der Waals surface area contributed by atoms with Crippen LogP contribution in [0.1, 0.15) is 39.7 Å². The van der Waals surface area contributed by atoms with Crippen LogP contribution in [0.3, 0.4) is 0 Å². The first-order valence-corrected chi connectivity index (χ1v) is 7.35. The Hall–Kier alpha value is -1.39. The number of hydrogen-bond acceptors (Lipinski definition) is 3. The Morgan fingerprint density at radius 2 is 2.05 bits per heavy atom. The highest BCUT2D eigenvalue weighted by atomic mass is 16.2. The number of nitrogens with two attached hydrogens (primary N) is 1. The first-order valence-electron chi connectivity index (χ1n) is 7.35. The van der Waals surface area contributed by atoms with Crippen LogP contribution in [0.25, 0.3) is 0 Å². The molecule has 1 aromatic carbocycles. The van der Waals surface area contributed by atoms with E-state index >= 15 is 0 Å². The Bertz CT molecular complexity index is 431. The number of amides is 1. The summed E-state index contributed by atoms with van der Waals surface area (Å²) in [6.07, 6.45) is 1.04. The smallest absolute Gasteiger partial charge is 0.241 e. The van der Waals surface area contributed by atoms with Crippen molar-refractivity contribution in [1.82, 2.24) is 4.90 Å². The normalized spacial score (nSPS) is 12.8. The summed E-state index contributed by atoms with van der Waals surface area (Å²) in [5.41, 5.74) is 7.44. The van der Waals surface area contributed by atoms with Crippen molar-refractivity contribution >= 4 is 11.6 Å². The third-order valence-corrected chi connectivity index (χ3v) is 3.45. The summed E-state index contributed by atoms with van der Waals surface area (Å²) in [6.45, 7) is 9.73. The van der Waals surface area contributed by atoms with Crippen molar-refractivity contribution in [1.29, 1.82) is 0 Å². The van der Waals surface area contributed by atoms with Crippen molar-refractivity contribution in [2.45, 2.75) is 52.7 Å².